The normalized spacial score (nSPS) is 10.2. The van der Waals surface area contributed by atoms with Gasteiger partial charge in [-0.3, -0.25) is 4.79 Å². The highest BCUT2D eigenvalue weighted by Crippen LogP contribution is 2.25. The second-order valence-electron chi connectivity index (χ2n) is 4.01. The molecule has 0 atom stereocenters. The SMILES string of the molecule is CCOc1ccccc1NC(=O)c1ccc(Br)cc1F. The van der Waals surface area contributed by atoms with Gasteiger partial charge in [-0.15, -0.1) is 0 Å². The maximum Gasteiger partial charge on any atom is 0.258 e. The highest BCUT2D eigenvalue weighted by atomic mass is 79.9. The van der Waals surface area contributed by atoms with Gasteiger partial charge in [-0.1, -0.05) is 28.1 Å². The molecule has 0 bridgehead atoms. The number of anilines is 1. The number of halogens is 2. The van der Waals surface area contributed by atoms with Crippen LogP contribution < -0.4 is 10.1 Å². The molecule has 2 aromatic rings. The zero-order valence-electron chi connectivity index (χ0n) is 10.8. The van der Waals surface area contributed by atoms with Crippen molar-refractivity contribution in [1.82, 2.24) is 0 Å². The Balaban J connectivity index is 2.23. The fourth-order valence-corrected chi connectivity index (χ4v) is 2.05. The molecular formula is C15H13BrFNO2. The van der Waals surface area contributed by atoms with Crippen LogP contribution in [-0.4, -0.2) is 12.5 Å². The van der Waals surface area contributed by atoms with E-state index in [2.05, 4.69) is 21.2 Å². The minimum atomic E-state index is -0.578. The molecule has 0 saturated heterocycles. The molecule has 5 heteroatoms. The molecule has 0 fully saturated rings. The van der Waals surface area contributed by atoms with E-state index in [-0.39, 0.29) is 5.56 Å². The Hall–Kier alpha value is -1.88. The molecule has 0 aromatic heterocycles. The standard InChI is InChI=1S/C15H13BrFNO2/c1-2-20-14-6-4-3-5-13(14)18-15(19)11-8-7-10(16)9-12(11)17/h3-9H,2H2,1H3,(H,18,19). The number of hydrogen-bond donors (Lipinski definition) is 1. The van der Waals surface area contributed by atoms with Crippen LogP contribution in [0, 0.1) is 5.82 Å². The molecule has 3 nitrogen and oxygen atoms in total. The van der Waals surface area contributed by atoms with Gasteiger partial charge in [0.25, 0.3) is 5.91 Å². The number of para-hydroxylation sites is 2. The summed E-state index contributed by atoms with van der Waals surface area (Å²) in [5.74, 6) is -0.534. The van der Waals surface area contributed by atoms with Crippen molar-refractivity contribution < 1.29 is 13.9 Å². The van der Waals surface area contributed by atoms with Gasteiger partial charge in [0, 0.05) is 4.47 Å². The molecule has 104 valence electrons. The summed E-state index contributed by atoms with van der Waals surface area (Å²) in [5.41, 5.74) is 0.501. The van der Waals surface area contributed by atoms with Gasteiger partial charge in [0.05, 0.1) is 17.9 Å². The third-order valence-electron chi connectivity index (χ3n) is 2.61. The number of rotatable bonds is 4. The largest absolute Gasteiger partial charge is 0.492 e. The van der Waals surface area contributed by atoms with Crippen molar-refractivity contribution in [3.05, 3.63) is 58.3 Å². The molecule has 0 spiro atoms. The van der Waals surface area contributed by atoms with Gasteiger partial charge >= 0.3 is 0 Å². The Bertz CT molecular complexity index is 631. The topological polar surface area (TPSA) is 38.3 Å². The van der Waals surface area contributed by atoms with Crippen molar-refractivity contribution >= 4 is 27.5 Å². The number of carbonyl (C=O) groups is 1. The molecule has 0 aliphatic heterocycles. The van der Waals surface area contributed by atoms with E-state index in [1.807, 2.05) is 6.92 Å². The van der Waals surface area contributed by atoms with Gasteiger partial charge < -0.3 is 10.1 Å². The molecule has 20 heavy (non-hydrogen) atoms. The van der Waals surface area contributed by atoms with Gasteiger partial charge in [0.1, 0.15) is 11.6 Å². The molecule has 2 aromatic carbocycles. The van der Waals surface area contributed by atoms with Gasteiger partial charge in [-0.25, -0.2) is 4.39 Å². The zero-order valence-corrected chi connectivity index (χ0v) is 12.4. The maximum atomic E-state index is 13.7. The highest BCUT2D eigenvalue weighted by molar-refractivity contribution is 9.10. The van der Waals surface area contributed by atoms with E-state index in [0.717, 1.165) is 0 Å². The van der Waals surface area contributed by atoms with Crippen LogP contribution in [0.2, 0.25) is 0 Å². The quantitative estimate of drug-likeness (QED) is 0.906. The van der Waals surface area contributed by atoms with E-state index >= 15 is 0 Å². The average Bonchev–Trinajstić information content (AvgIpc) is 2.41. The first-order valence-corrected chi connectivity index (χ1v) is 6.89. The predicted octanol–water partition coefficient (Wildman–Crippen LogP) is 4.24. The smallest absolute Gasteiger partial charge is 0.258 e. The van der Waals surface area contributed by atoms with Crippen LogP contribution in [0.25, 0.3) is 0 Å². The van der Waals surface area contributed by atoms with E-state index in [4.69, 9.17) is 4.74 Å². The molecule has 0 heterocycles. The first-order chi connectivity index (χ1) is 9.61. The third kappa shape index (κ3) is 3.36. The van der Waals surface area contributed by atoms with Gasteiger partial charge in [0.2, 0.25) is 0 Å². The molecule has 0 saturated carbocycles. The molecule has 1 amide bonds. The number of benzene rings is 2. The van der Waals surface area contributed by atoms with E-state index in [9.17, 15) is 9.18 Å². The zero-order chi connectivity index (χ0) is 14.5. The van der Waals surface area contributed by atoms with Crippen molar-refractivity contribution in [2.45, 2.75) is 6.92 Å². The second kappa shape index (κ2) is 6.52. The summed E-state index contributed by atoms with van der Waals surface area (Å²) in [5, 5.41) is 2.65. The van der Waals surface area contributed by atoms with Crippen LogP contribution in [0.4, 0.5) is 10.1 Å². The van der Waals surface area contributed by atoms with Crippen LogP contribution >= 0.6 is 15.9 Å². The Morgan fingerprint density at radius 2 is 2.05 bits per heavy atom. The first-order valence-electron chi connectivity index (χ1n) is 6.10. The van der Waals surface area contributed by atoms with Crippen LogP contribution in [0.3, 0.4) is 0 Å². The Kier molecular flexibility index (Phi) is 4.74. The summed E-state index contributed by atoms with van der Waals surface area (Å²) in [7, 11) is 0. The summed E-state index contributed by atoms with van der Waals surface area (Å²) >= 11 is 3.15. The number of ether oxygens (including phenoxy) is 1. The van der Waals surface area contributed by atoms with Crippen molar-refractivity contribution in [3.63, 3.8) is 0 Å². The number of carbonyl (C=O) groups excluding carboxylic acids is 1. The first kappa shape index (κ1) is 14.5. The summed E-state index contributed by atoms with van der Waals surface area (Å²) < 4.78 is 19.7. The van der Waals surface area contributed by atoms with Crippen molar-refractivity contribution in [2.24, 2.45) is 0 Å². The molecule has 0 radical (unpaired) electrons. The van der Waals surface area contributed by atoms with E-state index in [0.29, 0.717) is 22.5 Å². The monoisotopic (exact) mass is 337 g/mol. The summed E-state index contributed by atoms with van der Waals surface area (Å²) in [6.07, 6.45) is 0. The van der Waals surface area contributed by atoms with Crippen LogP contribution in [0.5, 0.6) is 5.75 Å². The fourth-order valence-electron chi connectivity index (χ4n) is 1.71. The number of nitrogens with one attached hydrogen (secondary N) is 1. The molecule has 0 aliphatic carbocycles. The predicted molar refractivity (Wildman–Crippen MR) is 79.7 cm³/mol. The molecule has 1 N–H and O–H groups in total. The minimum Gasteiger partial charge on any atom is -0.492 e. The van der Waals surface area contributed by atoms with Gasteiger partial charge in [0.15, 0.2) is 0 Å². The van der Waals surface area contributed by atoms with Gasteiger partial charge in [-0.05, 0) is 37.3 Å². The summed E-state index contributed by atoms with van der Waals surface area (Å²) in [6.45, 7) is 2.34. The van der Waals surface area contributed by atoms with Crippen molar-refractivity contribution in [1.29, 1.82) is 0 Å². The second-order valence-corrected chi connectivity index (χ2v) is 4.92. The average molecular weight is 338 g/mol. The van der Waals surface area contributed by atoms with Crippen LogP contribution in [-0.2, 0) is 0 Å². The van der Waals surface area contributed by atoms with E-state index in [1.165, 1.54) is 12.1 Å². The van der Waals surface area contributed by atoms with Crippen molar-refractivity contribution in [2.75, 3.05) is 11.9 Å². The number of amides is 1. The molecule has 0 aliphatic rings. The highest BCUT2D eigenvalue weighted by Gasteiger charge is 2.14. The van der Waals surface area contributed by atoms with Crippen LogP contribution in [0.1, 0.15) is 17.3 Å². The van der Waals surface area contributed by atoms with E-state index < -0.39 is 11.7 Å². The van der Waals surface area contributed by atoms with E-state index in [1.54, 1.807) is 30.3 Å². The Labute approximate surface area is 124 Å². The minimum absolute atomic E-state index is 0.0144. The Morgan fingerprint density at radius 1 is 1.30 bits per heavy atom. The lowest BCUT2D eigenvalue weighted by Crippen LogP contribution is -2.14. The lowest BCUT2D eigenvalue weighted by Gasteiger charge is -2.11. The molecule has 0 unspecified atom stereocenters. The summed E-state index contributed by atoms with van der Waals surface area (Å²) in [4.78, 5) is 12.1. The lowest BCUT2D eigenvalue weighted by atomic mass is 10.2. The molecular weight excluding hydrogens is 325 g/mol. The third-order valence-corrected chi connectivity index (χ3v) is 3.10. The summed E-state index contributed by atoms with van der Waals surface area (Å²) in [6, 6.07) is 11.3. The van der Waals surface area contributed by atoms with Crippen LogP contribution in [0.15, 0.2) is 46.9 Å². The fraction of sp³-hybridized carbons (Fsp3) is 0.133. The van der Waals surface area contributed by atoms with Gasteiger partial charge in [-0.2, -0.15) is 0 Å². The Morgan fingerprint density at radius 3 is 2.75 bits per heavy atom. The number of hydrogen-bond acceptors (Lipinski definition) is 2. The van der Waals surface area contributed by atoms with Crippen molar-refractivity contribution in [3.8, 4) is 5.75 Å². The molecule has 2 rings (SSSR count). The lowest BCUT2D eigenvalue weighted by molar-refractivity contribution is 0.102. The maximum absolute atomic E-state index is 13.7.